The van der Waals surface area contributed by atoms with Crippen LogP contribution in [0, 0.1) is 11.3 Å². The molecule has 0 amide bonds. The molecule has 0 radical (unpaired) electrons. The number of methoxy groups -OCH3 is 4. The lowest BCUT2D eigenvalue weighted by Crippen LogP contribution is -2.11. The molecule has 0 aliphatic carbocycles. The number of rotatable bonds is 6. The summed E-state index contributed by atoms with van der Waals surface area (Å²) < 4.78 is 21.1. The average Bonchev–Trinajstić information content (AvgIpc) is 2.76. The molecule has 0 saturated carbocycles. The molecule has 0 atom stereocenters. The Kier molecular flexibility index (Phi) is 5.69. The fraction of sp³-hybridized carbons (Fsp3) is 0.190. The van der Waals surface area contributed by atoms with Crippen LogP contribution in [0.4, 0.5) is 0 Å². The van der Waals surface area contributed by atoms with Crippen molar-refractivity contribution in [1.29, 1.82) is 5.26 Å². The van der Waals surface area contributed by atoms with E-state index in [1.165, 1.54) is 28.4 Å². The SMILES string of the molecule is COc1ccc2nc(C(C#N)=Cc3cc(OC)c(OC)c(OC)c3)[nH]c(=O)c2c1. The first kappa shape index (κ1) is 19.8. The van der Waals surface area contributed by atoms with Gasteiger partial charge in [0.25, 0.3) is 5.56 Å². The number of nitriles is 1. The number of fused-ring (bicyclic) bond motifs is 1. The molecule has 1 N–H and O–H groups in total. The van der Waals surface area contributed by atoms with Crippen LogP contribution in [-0.4, -0.2) is 38.4 Å². The van der Waals surface area contributed by atoms with Gasteiger partial charge in [0.15, 0.2) is 17.3 Å². The van der Waals surface area contributed by atoms with Crippen LogP contribution in [0.2, 0.25) is 0 Å². The zero-order chi connectivity index (χ0) is 21.0. The van der Waals surface area contributed by atoms with Crippen molar-refractivity contribution in [2.75, 3.05) is 28.4 Å². The molecule has 0 spiro atoms. The molecule has 0 fully saturated rings. The van der Waals surface area contributed by atoms with Gasteiger partial charge in [-0.05, 0) is 42.0 Å². The summed E-state index contributed by atoms with van der Waals surface area (Å²) in [6.45, 7) is 0. The molecule has 29 heavy (non-hydrogen) atoms. The van der Waals surface area contributed by atoms with Gasteiger partial charge in [0.1, 0.15) is 11.8 Å². The number of aromatic nitrogens is 2. The van der Waals surface area contributed by atoms with E-state index in [4.69, 9.17) is 18.9 Å². The largest absolute Gasteiger partial charge is 0.497 e. The molecule has 0 aliphatic rings. The summed E-state index contributed by atoms with van der Waals surface area (Å²) in [5.74, 6) is 2.04. The van der Waals surface area contributed by atoms with Crippen molar-refractivity contribution in [1.82, 2.24) is 9.97 Å². The lowest BCUT2D eigenvalue weighted by molar-refractivity contribution is 0.324. The number of aromatic amines is 1. The van der Waals surface area contributed by atoms with Crippen LogP contribution >= 0.6 is 0 Å². The van der Waals surface area contributed by atoms with Crippen molar-refractivity contribution in [2.24, 2.45) is 0 Å². The summed E-state index contributed by atoms with van der Waals surface area (Å²) in [6.07, 6.45) is 1.58. The molecule has 8 nitrogen and oxygen atoms in total. The van der Waals surface area contributed by atoms with Gasteiger partial charge in [-0.3, -0.25) is 4.79 Å². The van der Waals surface area contributed by atoms with Gasteiger partial charge < -0.3 is 23.9 Å². The van der Waals surface area contributed by atoms with Crippen molar-refractivity contribution in [3.05, 3.63) is 52.1 Å². The Morgan fingerprint density at radius 3 is 2.28 bits per heavy atom. The van der Waals surface area contributed by atoms with E-state index >= 15 is 0 Å². The zero-order valence-electron chi connectivity index (χ0n) is 16.4. The highest BCUT2D eigenvalue weighted by atomic mass is 16.5. The molecule has 0 unspecified atom stereocenters. The topological polar surface area (TPSA) is 106 Å². The Bertz CT molecular complexity index is 1170. The lowest BCUT2D eigenvalue weighted by atomic mass is 10.1. The van der Waals surface area contributed by atoms with Crippen LogP contribution < -0.4 is 24.5 Å². The molecule has 3 rings (SSSR count). The summed E-state index contributed by atoms with van der Waals surface area (Å²) in [5, 5.41) is 10.0. The Labute approximate surface area is 166 Å². The summed E-state index contributed by atoms with van der Waals surface area (Å²) in [4.78, 5) is 19.5. The smallest absolute Gasteiger partial charge is 0.259 e. The lowest BCUT2D eigenvalue weighted by Gasteiger charge is -2.13. The number of allylic oxidation sites excluding steroid dienone is 1. The van der Waals surface area contributed by atoms with E-state index in [2.05, 4.69) is 16.0 Å². The number of hydrogen-bond acceptors (Lipinski definition) is 7. The van der Waals surface area contributed by atoms with Crippen LogP contribution in [0.5, 0.6) is 23.0 Å². The molecule has 0 bridgehead atoms. The predicted molar refractivity (Wildman–Crippen MR) is 108 cm³/mol. The molecule has 0 aliphatic heterocycles. The van der Waals surface area contributed by atoms with Crippen molar-refractivity contribution >= 4 is 22.6 Å². The van der Waals surface area contributed by atoms with Gasteiger partial charge in [-0.2, -0.15) is 5.26 Å². The van der Waals surface area contributed by atoms with E-state index < -0.39 is 0 Å². The number of nitrogens with zero attached hydrogens (tertiary/aromatic N) is 2. The van der Waals surface area contributed by atoms with E-state index in [0.717, 1.165) is 0 Å². The van der Waals surface area contributed by atoms with E-state index in [1.54, 1.807) is 36.4 Å². The van der Waals surface area contributed by atoms with Crippen LogP contribution in [0.1, 0.15) is 11.4 Å². The van der Waals surface area contributed by atoms with Crippen molar-refractivity contribution in [2.45, 2.75) is 0 Å². The van der Waals surface area contributed by atoms with Crippen LogP contribution in [-0.2, 0) is 0 Å². The minimum Gasteiger partial charge on any atom is -0.497 e. The minimum absolute atomic E-state index is 0.156. The second-order valence-electron chi connectivity index (χ2n) is 5.93. The summed E-state index contributed by atoms with van der Waals surface area (Å²) >= 11 is 0. The fourth-order valence-electron chi connectivity index (χ4n) is 2.88. The molecule has 1 aromatic heterocycles. The Hall–Kier alpha value is -3.99. The van der Waals surface area contributed by atoms with Crippen molar-refractivity contribution in [3.63, 3.8) is 0 Å². The number of ether oxygens (including phenoxy) is 4. The van der Waals surface area contributed by atoms with E-state index in [0.29, 0.717) is 39.5 Å². The first-order chi connectivity index (χ1) is 14.0. The van der Waals surface area contributed by atoms with Gasteiger partial charge in [-0.1, -0.05) is 0 Å². The average molecular weight is 393 g/mol. The summed E-state index contributed by atoms with van der Waals surface area (Å²) in [5.41, 5.74) is 0.883. The third-order valence-corrected chi connectivity index (χ3v) is 4.29. The number of benzene rings is 2. The van der Waals surface area contributed by atoms with Gasteiger partial charge in [0.05, 0.1) is 44.9 Å². The first-order valence-electron chi connectivity index (χ1n) is 8.54. The quantitative estimate of drug-likeness (QED) is 0.642. The first-order valence-corrected chi connectivity index (χ1v) is 8.54. The van der Waals surface area contributed by atoms with Gasteiger partial charge in [0.2, 0.25) is 5.75 Å². The Balaban J connectivity index is 2.14. The van der Waals surface area contributed by atoms with Gasteiger partial charge >= 0.3 is 0 Å². The molecule has 0 saturated heterocycles. The second-order valence-corrected chi connectivity index (χ2v) is 5.93. The normalized spacial score (nSPS) is 11.1. The molecular weight excluding hydrogens is 374 g/mol. The molecule has 8 heteroatoms. The van der Waals surface area contributed by atoms with Crippen LogP contribution in [0.25, 0.3) is 22.6 Å². The maximum atomic E-state index is 12.5. The van der Waals surface area contributed by atoms with E-state index in [9.17, 15) is 10.1 Å². The summed E-state index contributed by atoms with van der Waals surface area (Å²) in [7, 11) is 6.04. The molecule has 1 heterocycles. The highest BCUT2D eigenvalue weighted by Crippen LogP contribution is 2.39. The van der Waals surface area contributed by atoms with Crippen LogP contribution in [0.15, 0.2) is 35.1 Å². The van der Waals surface area contributed by atoms with Crippen LogP contribution in [0.3, 0.4) is 0 Å². The highest BCUT2D eigenvalue weighted by molar-refractivity contribution is 5.90. The minimum atomic E-state index is -0.366. The summed E-state index contributed by atoms with van der Waals surface area (Å²) in [6, 6.07) is 10.4. The number of H-pyrrole nitrogens is 1. The molecular formula is C21H19N3O5. The van der Waals surface area contributed by atoms with Gasteiger partial charge in [0, 0.05) is 0 Å². The van der Waals surface area contributed by atoms with Gasteiger partial charge in [-0.15, -0.1) is 0 Å². The predicted octanol–water partition coefficient (Wildman–Crippen LogP) is 3.02. The zero-order valence-corrected chi connectivity index (χ0v) is 16.4. The maximum Gasteiger partial charge on any atom is 0.259 e. The monoisotopic (exact) mass is 393 g/mol. The number of nitrogens with one attached hydrogen (secondary N) is 1. The standard InChI is InChI=1S/C21H19N3O5/c1-26-14-5-6-16-15(10-14)21(25)24-20(23-16)13(11-22)7-12-8-17(27-2)19(29-4)18(9-12)28-3/h5-10H,1-4H3,(H,23,24,25). The Morgan fingerprint density at radius 2 is 1.72 bits per heavy atom. The second kappa shape index (κ2) is 8.35. The third kappa shape index (κ3) is 3.84. The maximum absolute atomic E-state index is 12.5. The highest BCUT2D eigenvalue weighted by Gasteiger charge is 2.14. The van der Waals surface area contributed by atoms with Gasteiger partial charge in [-0.25, -0.2) is 4.98 Å². The third-order valence-electron chi connectivity index (χ3n) is 4.29. The Morgan fingerprint density at radius 1 is 1.03 bits per heavy atom. The number of hydrogen-bond donors (Lipinski definition) is 1. The van der Waals surface area contributed by atoms with E-state index in [-0.39, 0.29) is 17.0 Å². The van der Waals surface area contributed by atoms with Crippen molar-refractivity contribution in [3.8, 4) is 29.1 Å². The fourth-order valence-corrected chi connectivity index (χ4v) is 2.88. The molecule has 3 aromatic rings. The van der Waals surface area contributed by atoms with Crippen molar-refractivity contribution < 1.29 is 18.9 Å². The molecule has 148 valence electrons. The van der Waals surface area contributed by atoms with E-state index in [1.807, 2.05) is 0 Å². The molecule has 2 aromatic carbocycles.